The number of piperazine rings is 1. The van der Waals surface area contributed by atoms with Gasteiger partial charge >= 0.3 is 0 Å². The second-order valence-electron chi connectivity index (χ2n) is 5.25. The minimum atomic E-state index is 0.736. The number of aromatic nitrogens is 1. The van der Waals surface area contributed by atoms with Crippen LogP contribution in [0.5, 0.6) is 0 Å². The second kappa shape index (κ2) is 6.69. The molecule has 0 unspecified atom stereocenters. The number of hydrogen-bond donors (Lipinski definition) is 1. The van der Waals surface area contributed by atoms with Crippen molar-refractivity contribution in [1.29, 1.82) is 0 Å². The van der Waals surface area contributed by atoms with Crippen molar-refractivity contribution in [2.75, 3.05) is 31.1 Å². The van der Waals surface area contributed by atoms with Crippen molar-refractivity contribution in [2.24, 2.45) is 0 Å². The van der Waals surface area contributed by atoms with Gasteiger partial charge in [0.15, 0.2) is 0 Å². The van der Waals surface area contributed by atoms with Crippen LogP contribution in [-0.4, -0.2) is 36.1 Å². The Morgan fingerprint density at radius 3 is 2.43 bits per heavy atom. The Labute approximate surface area is 136 Å². The van der Waals surface area contributed by atoms with E-state index < -0.39 is 0 Å². The number of benzene rings is 1. The smallest absolute Gasteiger partial charge is 0.0503 e. The average molecular weight is 320 g/mol. The van der Waals surface area contributed by atoms with Gasteiger partial charge in [0.1, 0.15) is 0 Å². The third-order valence-corrected chi connectivity index (χ3v) is 4.40. The van der Waals surface area contributed by atoms with E-state index in [1.165, 1.54) is 11.3 Å². The molecule has 3 rings (SSSR count). The Morgan fingerprint density at radius 2 is 1.76 bits per heavy atom. The third kappa shape index (κ3) is 3.70. The zero-order chi connectivity index (χ0) is 14.7. The third-order valence-electron chi connectivity index (χ3n) is 3.81. The topological polar surface area (TPSA) is 19.4 Å². The van der Waals surface area contributed by atoms with Gasteiger partial charge in [0, 0.05) is 55.0 Å². The molecular formula is C16H18ClN3S. The molecule has 21 heavy (non-hydrogen) atoms. The molecule has 0 bridgehead atoms. The molecule has 0 amide bonds. The van der Waals surface area contributed by atoms with Crippen LogP contribution in [0.2, 0.25) is 5.02 Å². The van der Waals surface area contributed by atoms with E-state index in [0.29, 0.717) is 0 Å². The maximum absolute atomic E-state index is 5.99. The summed E-state index contributed by atoms with van der Waals surface area (Å²) in [5.41, 5.74) is 2.49. The summed E-state index contributed by atoms with van der Waals surface area (Å²) < 4.78 is 0. The Morgan fingerprint density at radius 1 is 1.05 bits per heavy atom. The molecule has 0 aliphatic carbocycles. The zero-order valence-electron chi connectivity index (χ0n) is 11.7. The maximum atomic E-state index is 5.99. The van der Waals surface area contributed by atoms with E-state index in [1.54, 1.807) is 0 Å². The lowest BCUT2D eigenvalue weighted by Gasteiger charge is -2.36. The summed E-state index contributed by atoms with van der Waals surface area (Å²) in [5.74, 6) is 0. The number of thiol groups is 1. The highest BCUT2D eigenvalue weighted by atomic mass is 35.5. The highest BCUT2D eigenvalue weighted by Crippen LogP contribution is 2.28. The van der Waals surface area contributed by atoms with Crippen LogP contribution < -0.4 is 4.90 Å². The lowest BCUT2D eigenvalue weighted by molar-refractivity contribution is 0.249. The molecule has 0 spiro atoms. The van der Waals surface area contributed by atoms with E-state index in [9.17, 15) is 0 Å². The summed E-state index contributed by atoms with van der Waals surface area (Å²) in [6, 6.07) is 10.1. The molecule has 0 radical (unpaired) electrons. The molecule has 1 saturated heterocycles. The Hall–Kier alpha value is -1.23. The molecule has 1 aliphatic heterocycles. The van der Waals surface area contributed by atoms with Gasteiger partial charge in [-0.05, 0) is 35.9 Å². The Balaban J connectivity index is 1.60. The molecule has 1 fully saturated rings. The molecular weight excluding hydrogens is 302 g/mol. The number of pyridine rings is 1. The molecule has 2 heterocycles. The number of rotatable bonds is 3. The van der Waals surface area contributed by atoms with Crippen LogP contribution in [0, 0.1) is 0 Å². The van der Waals surface area contributed by atoms with Crippen molar-refractivity contribution in [3.63, 3.8) is 0 Å². The predicted molar refractivity (Wildman–Crippen MR) is 90.4 cm³/mol. The number of anilines is 1. The Kier molecular flexibility index (Phi) is 4.68. The second-order valence-corrected chi connectivity index (χ2v) is 6.17. The maximum Gasteiger partial charge on any atom is 0.0503 e. The Bertz CT molecular complexity index is 598. The van der Waals surface area contributed by atoms with E-state index in [1.807, 2.05) is 24.5 Å². The fourth-order valence-corrected chi connectivity index (χ4v) is 3.26. The summed E-state index contributed by atoms with van der Waals surface area (Å²) in [6.45, 7) is 5.13. The van der Waals surface area contributed by atoms with Crippen LogP contribution >= 0.6 is 24.2 Å². The van der Waals surface area contributed by atoms with Crippen LogP contribution in [0.4, 0.5) is 5.69 Å². The molecule has 0 saturated carbocycles. The van der Waals surface area contributed by atoms with Crippen molar-refractivity contribution >= 4 is 29.9 Å². The van der Waals surface area contributed by atoms with Gasteiger partial charge in [-0.25, -0.2) is 0 Å². The molecule has 1 aromatic heterocycles. The first kappa shape index (κ1) is 14.7. The van der Waals surface area contributed by atoms with Crippen molar-refractivity contribution in [1.82, 2.24) is 9.88 Å². The highest BCUT2D eigenvalue weighted by Gasteiger charge is 2.18. The largest absolute Gasteiger partial charge is 0.368 e. The van der Waals surface area contributed by atoms with Crippen molar-refractivity contribution in [3.8, 4) is 0 Å². The van der Waals surface area contributed by atoms with Crippen LogP contribution in [0.1, 0.15) is 5.56 Å². The fraction of sp³-hybridized carbons (Fsp3) is 0.312. The van der Waals surface area contributed by atoms with Crippen LogP contribution in [-0.2, 0) is 6.54 Å². The molecule has 2 aromatic rings. The van der Waals surface area contributed by atoms with Gasteiger partial charge in [-0.3, -0.25) is 9.88 Å². The average Bonchev–Trinajstić information content (AvgIpc) is 2.49. The quantitative estimate of drug-likeness (QED) is 0.876. The van der Waals surface area contributed by atoms with Crippen LogP contribution in [0.25, 0.3) is 0 Å². The van der Waals surface area contributed by atoms with Crippen LogP contribution in [0.15, 0.2) is 47.6 Å². The van der Waals surface area contributed by atoms with Crippen LogP contribution in [0.3, 0.4) is 0 Å². The van der Waals surface area contributed by atoms with Gasteiger partial charge in [-0.2, -0.15) is 0 Å². The molecule has 110 valence electrons. The first-order chi connectivity index (χ1) is 10.2. The van der Waals surface area contributed by atoms with Gasteiger partial charge < -0.3 is 4.90 Å². The lowest BCUT2D eigenvalue weighted by Crippen LogP contribution is -2.46. The van der Waals surface area contributed by atoms with Gasteiger partial charge in [0.2, 0.25) is 0 Å². The van der Waals surface area contributed by atoms with Gasteiger partial charge in [-0.15, -0.1) is 12.6 Å². The first-order valence-corrected chi connectivity index (χ1v) is 7.89. The molecule has 5 heteroatoms. The molecule has 0 N–H and O–H groups in total. The molecule has 1 aliphatic rings. The van der Waals surface area contributed by atoms with Gasteiger partial charge in [0.25, 0.3) is 0 Å². The SMILES string of the molecule is Sc1cc(Cl)ccc1N1CCN(Cc2ccncc2)CC1. The fourth-order valence-electron chi connectivity index (χ4n) is 2.66. The monoisotopic (exact) mass is 319 g/mol. The lowest BCUT2D eigenvalue weighted by atomic mass is 10.2. The summed E-state index contributed by atoms with van der Waals surface area (Å²) in [6.07, 6.45) is 3.71. The normalized spacial score (nSPS) is 16.2. The van der Waals surface area contributed by atoms with Crippen molar-refractivity contribution in [2.45, 2.75) is 11.4 Å². The summed E-state index contributed by atoms with van der Waals surface area (Å²) >= 11 is 10.5. The summed E-state index contributed by atoms with van der Waals surface area (Å²) in [4.78, 5) is 9.86. The van der Waals surface area contributed by atoms with Crippen molar-refractivity contribution < 1.29 is 0 Å². The molecule has 1 aromatic carbocycles. The van der Waals surface area contributed by atoms with E-state index in [2.05, 4.69) is 45.6 Å². The predicted octanol–water partition coefficient (Wildman–Crippen LogP) is 3.35. The highest BCUT2D eigenvalue weighted by molar-refractivity contribution is 7.80. The molecule has 0 atom stereocenters. The van der Waals surface area contributed by atoms with Gasteiger partial charge in [-0.1, -0.05) is 11.6 Å². The van der Waals surface area contributed by atoms with E-state index in [-0.39, 0.29) is 0 Å². The number of nitrogens with zero attached hydrogens (tertiary/aromatic N) is 3. The standard InChI is InChI=1S/C16H18ClN3S/c17-14-1-2-15(16(21)11-14)20-9-7-19(8-10-20)12-13-3-5-18-6-4-13/h1-6,11,21H,7-10,12H2. The first-order valence-electron chi connectivity index (χ1n) is 7.07. The summed E-state index contributed by atoms with van der Waals surface area (Å²) in [7, 11) is 0. The van der Waals surface area contributed by atoms with E-state index in [0.717, 1.165) is 42.6 Å². The zero-order valence-corrected chi connectivity index (χ0v) is 13.4. The minimum Gasteiger partial charge on any atom is -0.368 e. The van der Waals surface area contributed by atoms with Gasteiger partial charge in [0.05, 0.1) is 5.69 Å². The number of halogens is 1. The number of hydrogen-bond acceptors (Lipinski definition) is 4. The van der Waals surface area contributed by atoms with E-state index >= 15 is 0 Å². The minimum absolute atomic E-state index is 0.736. The summed E-state index contributed by atoms with van der Waals surface area (Å²) in [5, 5.41) is 0.736. The molecule has 3 nitrogen and oxygen atoms in total. The van der Waals surface area contributed by atoms with E-state index in [4.69, 9.17) is 11.6 Å². The van der Waals surface area contributed by atoms with Crippen molar-refractivity contribution in [3.05, 3.63) is 53.3 Å².